The molecule has 21 heavy (non-hydrogen) atoms. The Labute approximate surface area is 121 Å². The molecule has 0 atom stereocenters. The molecule has 0 aliphatic heterocycles. The molecule has 102 valence electrons. The number of fused-ring (bicyclic) bond motifs is 3. The number of H-pyrrole nitrogens is 1. The van der Waals surface area contributed by atoms with Crippen LogP contribution in [0.25, 0.3) is 33.3 Å². The number of hydrogen-bond acceptors (Lipinski definition) is 3. The number of methoxy groups -OCH3 is 1. The minimum atomic E-state index is 0.813. The van der Waals surface area contributed by atoms with Crippen LogP contribution in [0.3, 0.4) is 0 Å². The topological polar surface area (TPSA) is 50.8 Å². The van der Waals surface area contributed by atoms with Crippen LogP contribution in [0, 0.1) is 0 Å². The number of para-hydroxylation sites is 1. The molecular weight excluding hydrogens is 262 g/mol. The number of nitrogens with one attached hydrogen (secondary N) is 1. The highest BCUT2D eigenvalue weighted by Crippen LogP contribution is 2.26. The third kappa shape index (κ3) is 1.92. The van der Waals surface area contributed by atoms with Crippen molar-refractivity contribution in [1.82, 2.24) is 15.0 Å². The molecule has 0 aliphatic rings. The molecule has 0 unspecified atom stereocenters. The average molecular weight is 275 g/mol. The van der Waals surface area contributed by atoms with Crippen molar-refractivity contribution in [3.8, 4) is 17.0 Å². The molecule has 0 saturated heterocycles. The number of ether oxygens (including phenoxy) is 1. The predicted octanol–water partition coefficient (Wildman–Crippen LogP) is 3.79. The fraction of sp³-hybridized carbons (Fsp3) is 0.0588. The summed E-state index contributed by atoms with van der Waals surface area (Å²) in [6.07, 6.45) is 1.79. The maximum atomic E-state index is 5.18. The van der Waals surface area contributed by atoms with Crippen LogP contribution in [0.4, 0.5) is 0 Å². The van der Waals surface area contributed by atoms with Gasteiger partial charge < -0.3 is 9.72 Å². The van der Waals surface area contributed by atoms with E-state index in [-0.39, 0.29) is 0 Å². The second-order valence-electron chi connectivity index (χ2n) is 4.85. The van der Waals surface area contributed by atoms with Crippen LogP contribution >= 0.6 is 0 Å². The van der Waals surface area contributed by atoms with Crippen LogP contribution in [-0.2, 0) is 0 Å². The van der Waals surface area contributed by atoms with Gasteiger partial charge in [0.15, 0.2) is 5.65 Å². The van der Waals surface area contributed by atoms with E-state index in [4.69, 9.17) is 9.72 Å². The predicted molar refractivity (Wildman–Crippen MR) is 83.4 cm³/mol. The smallest absolute Gasteiger partial charge is 0.157 e. The van der Waals surface area contributed by atoms with E-state index in [1.807, 2.05) is 42.5 Å². The minimum absolute atomic E-state index is 0.813. The van der Waals surface area contributed by atoms with Gasteiger partial charge in [-0.15, -0.1) is 0 Å². The van der Waals surface area contributed by atoms with Gasteiger partial charge in [-0.05, 0) is 30.3 Å². The molecule has 4 aromatic rings. The van der Waals surface area contributed by atoms with Gasteiger partial charge in [0.2, 0.25) is 0 Å². The van der Waals surface area contributed by atoms with E-state index in [0.29, 0.717) is 0 Å². The van der Waals surface area contributed by atoms with Gasteiger partial charge in [0.25, 0.3) is 0 Å². The fourth-order valence-electron chi connectivity index (χ4n) is 2.50. The van der Waals surface area contributed by atoms with Gasteiger partial charge in [-0.3, -0.25) is 0 Å². The van der Waals surface area contributed by atoms with Crippen LogP contribution in [0.15, 0.2) is 54.7 Å². The summed E-state index contributed by atoms with van der Waals surface area (Å²) in [4.78, 5) is 12.5. The van der Waals surface area contributed by atoms with Gasteiger partial charge in [0.05, 0.1) is 19.0 Å². The molecule has 0 radical (unpaired) electrons. The van der Waals surface area contributed by atoms with Crippen LogP contribution < -0.4 is 4.74 Å². The van der Waals surface area contributed by atoms with Gasteiger partial charge in [-0.2, -0.15) is 0 Å². The van der Waals surface area contributed by atoms with E-state index in [9.17, 15) is 0 Å². The standard InChI is InChI=1S/C17H13N3O/c1-21-12-8-6-11(7-9-12)15-10-18-17-16(19-15)13-4-2-3-5-14(13)20-17/h2-10H,1H3,(H,18,20). The summed E-state index contributed by atoms with van der Waals surface area (Å²) in [5, 5.41) is 1.09. The lowest BCUT2D eigenvalue weighted by atomic mass is 10.1. The van der Waals surface area contributed by atoms with Crippen molar-refractivity contribution < 1.29 is 4.74 Å². The Kier molecular flexibility index (Phi) is 2.60. The van der Waals surface area contributed by atoms with E-state index >= 15 is 0 Å². The Hall–Kier alpha value is -2.88. The fourth-order valence-corrected chi connectivity index (χ4v) is 2.50. The SMILES string of the molecule is COc1ccc(-c2cnc3[nH]c4ccccc4c3n2)cc1. The summed E-state index contributed by atoms with van der Waals surface area (Å²) in [5.41, 5.74) is 4.65. The first-order chi connectivity index (χ1) is 10.3. The molecule has 4 heteroatoms. The molecular formula is C17H13N3O. The van der Waals surface area contributed by atoms with Crippen molar-refractivity contribution in [3.05, 3.63) is 54.7 Å². The molecule has 0 saturated carbocycles. The van der Waals surface area contributed by atoms with Gasteiger partial charge in [0.1, 0.15) is 11.3 Å². The monoisotopic (exact) mass is 275 g/mol. The molecule has 2 aromatic carbocycles. The molecule has 2 heterocycles. The Morgan fingerprint density at radius 2 is 1.81 bits per heavy atom. The molecule has 0 spiro atoms. The Balaban J connectivity index is 1.90. The highest BCUT2D eigenvalue weighted by atomic mass is 16.5. The number of aromatic amines is 1. The third-order valence-electron chi connectivity index (χ3n) is 3.59. The number of hydrogen-bond donors (Lipinski definition) is 1. The maximum absolute atomic E-state index is 5.18. The zero-order valence-electron chi connectivity index (χ0n) is 11.5. The second kappa shape index (κ2) is 4.59. The Morgan fingerprint density at radius 3 is 2.62 bits per heavy atom. The van der Waals surface area contributed by atoms with E-state index in [2.05, 4.69) is 16.0 Å². The Morgan fingerprint density at radius 1 is 1.00 bits per heavy atom. The lowest BCUT2D eigenvalue weighted by molar-refractivity contribution is 0.415. The first-order valence-corrected chi connectivity index (χ1v) is 6.73. The number of aromatic nitrogens is 3. The van der Waals surface area contributed by atoms with Crippen molar-refractivity contribution in [2.45, 2.75) is 0 Å². The summed E-state index contributed by atoms with van der Waals surface area (Å²) in [6, 6.07) is 15.9. The van der Waals surface area contributed by atoms with E-state index in [0.717, 1.165) is 39.1 Å². The normalized spacial score (nSPS) is 11.1. The van der Waals surface area contributed by atoms with Crippen molar-refractivity contribution in [1.29, 1.82) is 0 Å². The van der Waals surface area contributed by atoms with E-state index in [1.165, 1.54) is 0 Å². The van der Waals surface area contributed by atoms with Gasteiger partial charge >= 0.3 is 0 Å². The lowest BCUT2D eigenvalue weighted by Gasteiger charge is -2.03. The number of nitrogens with zero attached hydrogens (tertiary/aromatic N) is 2. The summed E-state index contributed by atoms with van der Waals surface area (Å²) in [5.74, 6) is 0.833. The zero-order valence-corrected chi connectivity index (χ0v) is 11.5. The second-order valence-corrected chi connectivity index (χ2v) is 4.85. The quantitative estimate of drug-likeness (QED) is 0.605. The summed E-state index contributed by atoms with van der Waals surface area (Å²) in [7, 11) is 1.66. The molecule has 4 nitrogen and oxygen atoms in total. The summed E-state index contributed by atoms with van der Waals surface area (Å²) < 4.78 is 5.18. The van der Waals surface area contributed by atoms with Gasteiger partial charge in [-0.25, -0.2) is 9.97 Å². The first kappa shape index (κ1) is 11.9. The molecule has 0 fully saturated rings. The van der Waals surface area contributed by atoms with Crippen LogP contribution in [0.1, 0.15) is 0 Å². The van der Waals surface area contributed by atoms with Crippen molar-refractivity contribution in [3.63, 3.8) is 0 Å². The minimum Gasteiger partial charge on any atom is -0.497 e. The van der Waals surface area contributed by atoms with Crippen LogP contribution in [0.2, 0.25) is 0 Å². The Bertz CT molecular complexity index is 926. The average Bonchev–Trinajstić information content (AvgIpc) is 2.93. The van der Waals surface area contributed by atoms with E-state index in [1.54, 1.807) is 13.3 Å². The van der Waals surface area contributed by atoms with Crippen LogP contribution in [-0.4, -0.2) is 22.1 Å². The maximum Gasteiger partial charge on any atom is 0.157 e. The highest BCUT2D eigenvalue weighted by molar-refractivity contribution is 6.03. The molecule has 1 N–H and O–H groups in total. The molecule has 0 bridgehead atoms. The van der Waals surface area contributed by atoms with E-state index < -0.39 is 0 Å². The van der Waals surface area contributed by atoms with Crippen molar-refractivity contribution in [2.24, 2.45) is 0 Å². The van der Waals surface area contributed by atoms with Gasteiger partial charge in [-0.1, -0.05) is 18.2 Å². The van der Waals surface area contributed by atoms with Crippen molar-refractivity contribution >= 4 is 22.1 Å². The number of rotatable bonds is 2. The molecule has 0 aliphatic carbocycles. The van der Waals surface area contributed by atoms with Crippen LogP contribution in [0.5, 0.6) is 5.75 Å². The third-order valence-corrected chi connectivity index (χ3v) is 3.59. The lowest BCUT2D eigenvalue weighted by Crippen LogP contribution is -1.88. The summed E-state index contributed by atoms with van der Waals surface area (Å²) in [6.45, 7) is 0. The molecule has 2 aromatic heterocycles. The summed E-state index contributed by atoms with van der Waals surface area (Å²) >= 11 is 0. The first-order valence-electron chi connectivity index (χ1n) is 6.73. The van der Waals surface area contributed by atoms with Gasteiger partial charge in [0, 0.05) is 16.5 Å². The molecule has 0 amide bonds. The highest BCUT2D eigenvalue weighted by Gasteiger charge is 2.08. The molecule has 4 rings (SSSR count). The van der Waals surface area contributed by atoms with Crippen molar-refractivity contribution in [2.75, 3.05) is 7.11 Å². The zero-order chi connectivity index (χ0) is 14.2. The number of benzene rings is 2. The largest absolute Gasteiger partial charge is 0.497 e.